The Morgan fingerprint density at radius 1 is 1.48 bits per heavy atom. The van der Waals surface area contributed by atoms with Crippen LogP contribution >= 0.6 is 15.9 Å². The molecule has 1 aliphatic rings. The van der Waals surface area contributed by atoms with Gasteiger partial charge in [-0.3, -0.25) is 4.68 Å². The number of hydrogen-bond acceptors (Lipinski definition) is 3. The van der Waals surface area contributed by atoms with E-state index in [1.54, 1.807) is 0 Å². The highest BCUT2D eigenvalue weighted by Gasteiger charge is 2.26. The molecule has 1 aromatic heterocycles. The minimum Gasteiger partial charge on any atom is -0.381 e. The Hall–Kier alpha value is -0.390. The van der Waals surface area contributed by atoms with Crippen molar-refractivity contribution in [3.8, 4) is 0 Å². The Bertz CT molecular complexity index is 441. The summed E-state index contributed by atoms with van der Waals surface area (Å²) in [6, 6.07) is 0.475. The van der Waals surface area contributed by atoms with Crippen LogP contribution in [0.1, 0.15) is 44.5 Å². The van der Waals surface area contributed by atoms with Gasteiger partial charge in [-0.1, -0.05) is 6.92 Å². The molecule has 0 saturated carbocycles. The summed E-state index contributed by atoms with van der Waals surface area (Å²) in [6.07, 6.45) is 4.63. The minimum atomic E-state index is 0.475. The van der Waals surface area contributed by atoms with Gasteiger partial charge in [-0.25, -0.2) is 0 Å². The van der Waals surface area contributed by atoms with Gasteiger partial charge in [0, 0.05) is 25.6 Å². The molecule has 0 radical (unpaired) electrons. The molecule has 1 fully saturated rings. The number of ether oxygens (including phenoxy) is 1. The van der Waals surface area contributed by atoms with E-state index >= 15 is 0 Å². The number of rotatable bonds is 7. The number of halogens is 1. The van der Waals surface area contributed by atoms with Gasteiger partial charge in [0.25, 0.3) is 0 Å². The van der Waals surface area contributed by atoms with Crippen LogP contribution in [0.25, 0.3) is 0 Å². The number of nitrogens with zero attached hydrogens (tertiary/aromatic N) is 2. The lowest BCUT2D eigenvalue weighted by molar-refractivity contribution is 0.0390. The fourth-order valence-corrected chi connectivity index (χ4v) is 3.54. The van der Waals surface area contributed by atoms with Crippen molar-refractivity contribution in [3.05, 3.63) is 15.9 Å². The van der Waals surface area contributed by atoms with Crippen molar-refractivity contribution in [1.82, 2.24) is 15.1 Å². The van der Waals surface area contributed by atoms with Gasteiger partial charge in [0.2, 0.25) is 0 Å². The summed E-state index contributed by atoms with van der Waals surface area (Å²) in [4.78, 5) is 0. The molecule has 1 saturated heterocycles. The second kappa shape index (κ2) is 8.30. The maximum Gasteiger partial charge on any atom is 0.0738 e. The lowest BCUT2D eigenvalue weighted by atomic mass is 9.90. The Kier molecular flexibility index (Phi) is 6.71. The number of aryl methyl sites for hydroxylation is 2. The lowest BCUT2D eigenvalue weighted by Gasteiger charge is -2.31. The van der Waals surface area contributed by atoms with Gasteiger partial charge in [-0.2, -0.15) is 5.10 Å². The maximum absolute atomic E-state index is 5.70. The molecule has 4 nitrogen and oxygen atoms in total. The van der Waals surface area contributed by atoms with E-state index < -0.39 is 0 Å². The molecule has 2 unspecified atom stereocenters. The molecule has 21 heavy (non-hydrogen) atoms. The first-order valence-corrected chi connectivity index (χ1v) is 8.99. The Balaban J connectivity index is 2.13. The number of nitrogens with one attached hydrogen (secondary N) is 1. The zero-order valence-electron chi connectivity index (χ0n) is 13.5. The van der Waals surface area contributed by atoms with Gasteiger partial charge in [0.05, 0.1) is 22.5 Å². The highest BCUT2D eigenvalue weighted by molar-refractivity contribution is 9.10. The van der Waals surface area contributed by atoms with E-state index in [4.69, 9.17) is 4.74 Å². The fraction of sp³-hybridized carbons (Fsp3) is 0.812. The van der Waals surface area contributed by atoms with E-state index in [0.29, 0.717) is 12.0 Å². The van der Waals surface area contributed by atoms with Gasteiger partial charge in [-0.15, -0.1) is 0 Å². The van der Waals surface area contributed by atoms with Crippen molar-refractivity contribution < 1.29 is 4.74 Å². The van der Waals surface area contributed by atoms with Gasteiger partial charge in [0.1, 0.15) is 0 Å². The number of aromatic nitrogens is 2. The topological polar surface area (TPSA) is 39.1 Å². The first-order valence-electron chi connectivity index (χ1n) is 8.20. The van der Waals surface area contributed by atoms with Gasteiger partial charge in [-0.05, 0) is 61.5 Å². The van der Waals surface area contributed by atoms with E-state index in [0.717, 1.165) is 44.8 Å². The van der Waals surface area contributed by atoms with Crippen molar-refractivity contribution in [2.75, 3.05) is 19.8 Å². The Morgan fingerprint density at radius 3 is 2.90 bits per heavy atom. The second-order valence-corrected chi connectivity index (χ2v) is 6.70. The summed E-state index contributed by atoms with van der Waals surface area (Å²) < 4.78 is 9.00. The van der Waals surface area contributed by atoms with Crippen LogP contribution in [-0.2, 0) is 17.7 Å². The van der Waals surface area contributed by atoms with Crippen LogP contribution in [0.3, 0.4) is 0 Å². The minimum absolute atomic E-state index is 0.475. The molecule has 120 valence electrons. The second-order valence-electron chi connectivity index (χ2n) is 5.90. The zero-order valence-corrected chi connectivity index (χ0v) is 15.1. The van der Waals surface area contributed by atoms with Crippen LogP contribution in [0.5, 0.6) is 0 Å². The predicted molar refractivity (Wildman–Crippen MR) is 89.7 cm³/mol. The summed E-state index contributed by atoms with van der Waals surface area (Å²) in [5.74, 6) is 0.609. The molecule has 1 aromatic rings. The highest BCUT2D eigenvalue weighted by Crippen LogP contribution is 2.26. The first kappa shape index (κ1) is 17.0. The van der Waals surface area contributed by atoms with Crippen LogP contribution < -0.4 is 5.32 Å². The quantitative estimate of drug-likeness (QED) is 0.813. The molecule has 5 heteroatoms. The third-order valence-electron chi connectivity index (χ3n) is 4.29. The molecule has 2 heterocycles. The monoisotopic (exact) mass is 357 g/mol. The normalized spacial score (nSPS) is 20.7. The van der Waals surface area contributed by atoms with Crippen LogP contribution in [0.4, 0.5) is 0 Å². The summed E-state index contributed by atoms with van der Waals surface area (Å²) in [5.41, 5.74) is 2.40. The SMILES string of the molecule is CCCNC(Cc1c(Br)c(C)nn1CC)C1CCCOC1. The van der Waals surface area contributed by atoms with Crippen molar-refractivity contribution in [3.63, 3.8) is 0 Å². The van der Waals surface area contributed by atoms with E-state index in [-0.39, 0.29) is 0 Å². The summed E-state index contributed by atoms with van der Waals surface area (Å²) >= 11 is 3.72. The number of hydrogen-bond donors (Lipinski definition) is 1. The van der Waals surface area contributed by atoms with Crippen molar-refractivity contribution >= 4 is 15.9 Å². The third kappa shape index (κ3) is 4.30. The fourth-order valence-electron chi connectivity index (χ4n) is 3.09. The standard InChI is InChI=1S/C16H28BrN3O/c1-4-8-18-14(13-7-6-9-21-11-13)10-15-16(17)12(3)19-20(15)5-2/h13-14,18H,4-11H2,1-3H3. The molecule has 2 atom stereocenters. The van der Waals surface area contributed by atoms with E-state index in [1.807, 2.05) is 0 Å². The van der Waals surface area contributed by atoms with E-state index in [1.165, 1.54) is 23.0 Å². The van der Waals surface area contributed by atoms with Crippen LogP contribution in [0.2, 0.25) is 0 Å². The molecule has 0 spiro atoms. The van der Waals surface area contributed by atoms with Gasteiger partial charge < -0.3 is 10.1 Å². The smallest absolute Gasteiger partial charge is 0.0738 e. The van der Waals surface area contributed by atoms with Gasteiger partial charge >= 0.3 is 0 Å². The molecule has 0 amide bonds. The molecule has 0 aliphatic carbocycles. The molecule has 0 bridgehead atoms. The summed E-state index contributed by atoms with van der Waals surface area (Å²) in [6.45, 7) is 10.2. The molecular weight excluding hydrogens is 330 g/mol. The Morgan fingerprint density at radius 2 is 2.29 bits per heavy atom. The molecule has 0 aromatic carbocycles. The predicted octanol–water partition coefficient (Wildman–Crippen LogP) is 3.31. The molecule has 2 rings (SSSR count). The maximum atomic E-state index is 5.70. The third-order valence-corrected chi connectivity index (χ3v) is 5.32. The first-order chi connectivity index (χ1) is 10.2. The van der Waals surface area contributed by atoms with Crippen LogP contribution in [0.15, 0.2) is 4.47 Å². The molecular formula is C16H28BrN3O. The van der Waals surface area contributed by atoms with Crippen molar-refractivity contribution in [2.24, 2.45) is 5.92 Å². The van der Waals surface area contributed by atoms with Crippen LogP contribution in [-0.4, -0.2) is 35.6 Å². The van der Waals surface area contributed by atoms with E-state index in [2.05, 4.69) is 51.8 Å². The average molecular weight is 358 g/mol. The largest absolute Gasteiger partial charge is 0.381 e. The summed E-state index contributed by atoms with van der Waals surface area (Å²) in [5, 5.41) is 8.35. The summed E-state index contributed by atoms with van der Waals surface area (Å²) in [7, 11) is 0. The Labute approximate surface area is 136 Å². The van der Waals surface area contributed by atoms with E-state index in [9.17, 15) is 0 Å². The molecule has 1 aliphatic heterocycles. The van der Waals surface area contributed by atoms with Crippen molar-refractivity contribution in [1.29, 1.82) is 0 Å². The average Bonchev–Trinajstić information content (AvgIpc) is 2.79. The van der Waals surface area contributed by atoms with Gasteiger partial charge in [0.15, 0.2) is 0 Å². The highest BCUT2D eigenvalue weighted by atomic mass is 79.9. The van der Waals surface area contributed by atoms with Crippen molar-refractivity contribution in [2.45, 2.75) is 59.0 Å². The van der Waals surface area contributed by atoms with Crippen LogP contribution in [0, 0.1) is 12.8 Å². The molecule has 1 N–H and O–H groups in total. The zero-order chi connectivity index (χ0) is 15.2. The lowest BCUT2D eigenvalue weighted by Crippen LogP contribution is -2.42.